The second-order valence-electron chi connectivity index (χ2n) is 6.70. The Labute approximate surface area is 164 Å². The maximum Gasteiger partial charge on any atom is 0.325 e. The molecule has 0 saturated carbocycles. The summed E-state index contributed by atoms with van der Waals surface area (Å²) in [7, 11) is 1.75. The van der Waals surface area contributed by atoms with Gasteiger partial charge in [0.1, 0.15) is 12.4 Å². The Hall–Kier alpha value is -2.58. The van der Waals surface area contributed by atoms with Crippen LogP contribution in [0.25, 0.3) is 0 Å². The van der Waals surface area contributed by atoms with Crippen molar-refractivity contribution < 1.29 is 18.7 Å². The van der Waals surface area contributed by atoms with E-state index in [2.05, 4.69) is 14.9 Å². The highest BCUT2D eigenvalue weighted by Gasteiger charge is 2.22. The molecule has 1 aliphatic heterocycles. The molecule has 0 aliphatic carbocycles. The average Bonchev–Trinajstić information content (AvgIpc) is 2.69. The lowest BCUT2D eigenvalue weighted by Gasteiger charge is -2.33. The molecule has 1 aliphatic rings. The molecule has 7 nitrogen and oxygen atoms in total. The van der Waals surface area contributed by atoms with Crippen LogP contribution in [0.2, 0.25) is 0 Å². The van der Waals surface area contributed by atoms with Gasteiger partial charge in [-0.15, -0.1) is 0 Å². The van der Waals surface area contributed by atoms with Gasteiger partial charge in [-0.1, -0.05) is 12.1 Å². The third kappa shape index (κ3) is 5.46. The number of rotatable bonds is 7. The number of morpholine rings is 1. The van der Waals surface area contributed by atoms with E-state index >= 15 is 0 Å². The lowest BCUT2D eigenvalue weighted by molar-refractivity contribution is -0.141. The van der Waals surface area contributed by atoms with E-state index in [0.29, 0.717) is 25.7 Å². The zero-order chi connectivity index (χ0) is 19.9. The minimum absolute atomic E-state index is 0.0785. The van der Waals surface area contributed by atoms with Crippen molar-refractivity contribution in [2.24, 2.45) is 0 Å². The lowest BCUT2D eigenvalue weighted by atomic mass is 10.1. The maximum atomic E-state index is 13.1. The summed E-state index contributed by atoms with van der Waals surface area (Å²) in [6.45, 7) is 5.07. The van der Waals surface area contributed by atoms with Crippen LogP contribution in [0.4, 0.5) is 10.3 Å². The quantitative estimate of drug-likeness (QED) is 0.674. The van der Waals surface area contributed by atoms with E-state index in [1.165, 1.54) is 12.1 Å². The van der Waals surface area contributed by atoms with Gasteiger partial charge in [0.05, 0.1) is 19.3 Å². The van der Waals surface area contributed by atoms with Gasteiger partial charge in [0, 0.05) is 44.6 Å². The molecule has 0 spiro atoms. The summed E-state index contributed by atoms with van der Waals surface area (Å²) in [5, 5.41) is 0. The number of ether oxygens (including phenoxy) is 2. The van der Waals surface area contributed by atoms with Gasteiger partial charge in [-0.3, -0.25) is 9.69 Å². The van der Waals surface area contributed by atoms with Crippen LogP contribution in [0.3, 0.4) is 0 Å². The molecule has 1 aromatic carbocycles. The smallest absolute Gasteiger partial charge is 0.325 e. The zero-order valence-electron chi connectivity index (χ0n) is 16.2. The Morgan fingerprint density at radius 3 is 2.71 bits per heavy atom. The Morgan fingerprint density at radius 1 is 1.32 bits per heavy atom. The number of nitrogens with zero attached hydrogens (tertiary/aromatic N) is 4. The molecule has 0 radical (unpaired) electrons. The van der Waals surface area contributed by atoms with E-state index in [1.807, 2.05) is 0 Å². The van der Waals surface area contributed by atoms with Gasteiger partial charge in [0.2, 0.25) is 5.95 Å². The van der Waals surface area contributed by atoms with Gasteiger partial charge in [0.15, 0.2) is 0 Å². The van der Waals surface area contributed by atoms with E-state index in [4.69, 9.17) is 9.47 Å². The molecule has 1 aromatic heterocycles. The van der Waals surface area contributed by atoms with Crippen molar-refractivity contribution in [3.8, 4) is 0 Å². The third-order valence-corrected chi connectivity index (χ3v) is 4.50. The van der Waals surface area contributed by atoms with Crippen LogP contribution in [0.15, 0.2) is 36.7 Å². The van der Waals surface area contributed by atoms with Gasteiger partial charge >= 0.3 is 5.97 Å². The van der Waals surface area contributed by atoms with Crippen LogP contribution in [0.5, 0.6) is 0 Å². The summed E-state index contributed by atoms with van der Waals surface area (Å²) in [5.41, 5.74) is 1.95. The summed E-state index contributed by atoms with van der Waals surface area (Å²) >= 11 is 0. The topological polar surface area (TPSA) is 67.8 Å². The van der Waals surface area contributed by atoms with Crippen molar-refractivity contribution >= 4 is 11.9 Å². The van der Waals surface area contributed by atoms with E-state index in [9.17, 15) is 9.18 Å². The van der Waals surface area contributed by atoms with Gasteiger partial charge < -0.3 is 14.4 Å². The van der Waals surface area contributed by atoms with Crippen molar-refractivity contribution in [2.75, 3.05) is 44.8 Å². The summed E-state index contributed by atoms with van der Waals surface area (Å²) in [6.07, 6.45) is 3.46. The molecule has 0 N–H and O–H groups in total. The molecule has 28 heavy (non-hydrogen) atoms. The number of likely N-dealkylation sites (N-methyl/N-ethyl adjacent to an activating group) is 1. The van der Waals surface area contributed by atoms with E-state index in [0.717, 1.165) is 24.2 Å². The predicted octanol–water partition coefficient (Wildman–Crippen LogP) is 2.19. The zero-order valence-corrected chi connectivity index (χ0v) is 16.2. The molecule has 2 heterocycles. The van der Waals surface area contributed by atoms with Crippen molar-refractivity contribution in [3.63, 3.8) is 0 Å². The Balaban J connectivity index is 1.56. The SMILES string of the molecule is CCOC(=O)CN(C)c1ncc(CN2CCO[C@H](c3ccc(F)cc3)C2)cn1. The highest BCUT2D eigenvalue weighted by Crippen LogP contribution is 2.23. The van der Waals surface area contributed by atoms with Crippen molar-refractivity contribution in [1.82, 2.24) is 14.9 Å². The fraction of sp³-hybridized carbons (Fsp3) is 0.450. The second-order valence-corrected chi connectivity index (χ2v) is 6.70. The first-order chi connectivity index (χ1) is 13.5. The Bertz CT molecular complexity index is 770. The minimum Gasteiger partial charge on any atom is -0.465 e. The second kappa shape index (κ2) is 9.57. The van der Waals surface area contributed by atoms with Gasteiger partial charge in [-0.25, -0.2) is 14.4 Å². The van der Waals surface area contributed by atoms with E-state index in [1.54, 1.807) is 43.4 Å². The van der Waals surface area contributed by atoms with Gasteiger partial charge in [-0.05, 0) is 24.6 Å². The van der Waals surface area contributed by atoms with Gasteiger partial charge in [0.25, 0.3) is 0 Å². The van der Waals surface area contributed by atoms with Gasteiger partial charge in [-0.2, -0.15) is 0 Å². The highest BCUT2D eigenvalue weighted by atomic mass is 19.1. The van der Waals surface area contributed by atoms with Crippen molar-refractivity contribution in [1.29, 1.82) is 0 Å². The third-order valence-electron chi connectivity index (χ3n) is 4.50. The number of aromatic nitrogens is 2. The minimum atomic E-state index is -0.308. The maximum absolute atomic E-state index is 13.1. The number of carbonyl (C=O) groups is 1. The molecule has 0 bridgehead atoms. The number of esters is 1. The fourth-order valence-electron chi connectivity index (χ4n) is 3.08. The molecule has 1 atom stereocenters. The van der Waals surface area contributed by atoms with Crippen LogP contribution in [-0.4, -0.2) is 60.7 Å². The summed E-state index contributed by atoms with van der Waals surface area (Å²) in [6, 6.07) is 6.44. The predicted molar refractivity (Wildman–Crippen MR) is 102 cm³/mol. The molecule has 150 valence electrons. The summed E-state index contributed by atoms with van der Waals surface area (Å²) < 4.78 is 23.9. The summed E-state index contributed by atoms with van der Waals surface area (Å²) in [4.78, 5) is 24.2. The monoisotopic (exact) mass is 388 g/mol. The lowest BCUT2D eigenvalue weighted by Crippen LogP contribution is -2.37. The average molecular weight is 388 g/mol. The first kappa shape index (κ1) is 20.2. The fourth-order valence-corrected chi connectivity index (χ4v) is 3.08. The van der Waals surface area contributed by atoms with Crippen LogP contribution < -0.4 is 4.90 Å². The van der Waals surface area contributed by atoms with E-state index < -0.39 is 0 Å². The van der Waals surface area contributed by atoms with Crippen LogP contribution in [0, 0.1) is 5.82 Å². The largest absolute Gasteiger partial charge is 0.465 e. The number of anilines is 1. The number of hydrogen-bond donors (Lipinski definition) is 0. The molecule has 0 amide bonds. The van der Waals surface area contributed by atoms with Crippen molar-refractivity contribution in [3.05, 3.63) is 53.6 Å². The number of halogens is 1. The molecule has 2 aromatic rings. The van der Waals surface area contributed by atoms with E-state index in [-0.39, 0.29) is 24.4 Å². The first-order valence-electron chi connectivity index (χ1n) is 9.32. The molecule has 8 heteroatoms. The molecular formula is C20H25FN4O3. The number of carbonyl (C=O) groups excluding carboxylic acids is 1. The molecule has 3 rings (SSSR count). The molecule has 1 saturated heterocycles. The standard InChI is InChI=1S/C20H25FN4O3/c1-3-27-19(26)14-24(2)20-22-10-15(11-23-20)12-25-8-9-28-18(13-25)16-4-6-17(21)7-5-16/h4-7,10-11,18H,3,8-9,12-14H2,1-2H3/t18-/m0/s1. The molecular weight excluding hydrogens is 363 g/mol. The Kier molecular flexibility index (Phi) is 6.89. The Morgan fingerprint density at radius 2 is 2.04 bits per heavy atom. The van der Waals surface area contributed by atoms with Crippen LogP contribution in [0.1, 0.15) is 24.2 Å². The molecule has 0 unspecified atom stereocenters. The normalized spacial score (nSPS) is 17.3. The first-order valence-corrected chi connectivity index (χ1v) is 9.32. The number of hydrogen-bond acceptors (Lipinski definition) is 7. The van der Waals surface area contributed by atoms with Crippen LogP contribution in [-0.2, 0) is 20.8 Å². The van der Waals surface area contributed by atoms with Crippen LogP contribution >= 0.6 is 0 Å². The van der Waals surface area contributed by atoms with Crippen molar-refractivity contribution in [2.45, 2.75) is 19.6 Å². The molecule has 1 fully saturated rings. The number of benzene rings is 1. The summed E-state index contributed by atoms with van der Waals surface area (Å²) in [5.74, 6) is -0.0811. The highest BCUT2D eigenvalue weighted by molar-refractivity contribution is 5.74.